The van der Waals surface area contributed by atoms with Crippen LogP contribution in [0.4, 0.5) is 11.5 Å². The van der Waals surface area contributed by atoms with E-state index in [0.717, 1.165) is 18.7 Å². The van der Waals surface area contributed by atoms with Crippen LogP contribution >= 0.6 is 0 Å². The number of Topliss-reactive ketones (excluding diaryl/α,β-unsaturated/α-hetero) is 1. The van der Waals surface area contributed by atoms with Crippen molar-refractivity contribution in [2.24, 2.45) is 0 Å². The second-order valence-electron chi connectivity index (χ2n) is 9.23. The largest absolute Gasteiger partial charge is 0.471 e. The molecule has 1 fully saturated rings. The first-order chi connectivity index (χ1) is 15.8. The molecule has 10 heteroatoms. The number of fused-ring (bicyclic) bond motifs is 2. The number of aromatic nitrogens is 4. The smallest absolute Gasteiger partial charge is 0.261 e. The Balaban J connectivity index is 1.45. The maximum Gasteiger partial charge on any atom is 0.261 e. The zero-order valence-corrected chi connectivity index (χ0v) is 19.0. The number of hydrogen-bond donors (Lipinski definition) is 1. The predicted molar refractivity (Wildman–Crippen MR) is 123 cm³/mol. The molecule has 1 N–H and O–H groups in total. The number of rotatable bonds is 5. The first-order valence-electron chi connectivity index (χ1n) is 11.1. The van der Waals surface area contributed by atoms with Crippen molar-refractivity contribution in [2.45, 2.75) is 32.8 Å². The normalized spacial score (nSPS) is 17.6. The number of carbonyl (C=O) groups is 2. The number of pyridine rings is 1. The van der Waals surface area contributed by atoms with E-state index in [4.69, 9.17) is 9.72 Å². The van der Waals surface area contributed by atoms with Crippen molar-refractivity contribution in [3.05, 3.63) is 41.9 Å². The summed E-state index contributed by atoms with van der Waals surface area (Å²) in [5.74, 6) is 1.15. The third kappa shape index (κ3) is 4.25. The number of ketones is 1. The molecule has 2 aliphatic heterocycles. The van der Waals surface area contributed by atoms with E-state index in [-0.39, 0.29) is 17.3 Å². The Kier molecular flexibility index (Phi) is 5.24. The Morgan fingerprint density at radius 3 is 2.76 bits per heavy atom. The summed E-state index contributed by atoms with van der Waals surface area (Å²) in [5.41, 5.74) is 2.14. The number of ether oxygens (including phenoxy) is 1. The maximum atomic E-state index is 13.2. The number of anilines is 2. The molecule has 0 aliphatic carbocycles. The van der Waals surface area contributed by atoms with Gasteiger partial charge in [0.25, 0.3) is 5.91 Å². The molecule has 0 radical (unpaired) electrons. The van der Waals surface area contributed by atoms with Gasteiger partial charge in [0.15, 0.2) is 11.5 Å². The highest BCUT2D eigenvalue weighted by atomic mass is 16.5. The van der Waals surface area contributed by atoms with E-state index in [1.54, 1.807) is 29.9 Å². The lowest BCUT2D eigenvalue weighted by Crippen LogP contribution is -2.48. The van der Waals surface area contributed by atoms with E-state index in [2.05, 4.69) is 25.2 Å². The molecule has 5 heterocycles. The van der Waals surface area contributed by atoms with Crippen LogP contribution in [0.3, 0.4) is 0 Å². The molecule has 0 atom stereocenters. The summed E-state index contributed by atoms with van der Waals surface area (Å²) in [4.78, 5) is 38.1. The van der Waals surface area contributed by atoms with Crippen molar-refractivity contribution in [3.63, 3.8) is 0 Å². The van der Waals surface area contributed by atoms with E-state index >= 15 is 0 Å². The average Bonchev–Trinajstić information content (AvgIpc) is 3.32. The number of piperazine rings is 1. The van der Waals surface area contributed by atoms with Crippen molar-refractivity contribution in [1.29, 1.82) is 0 Å². The summed E-state index contributed by atoms with van der Waals surface area (Å²) in [6, 6.07) is 3.73. The van der Waals surface area contributed by atoms with Crippen LogP contribution in [0.1, 0.15) is 36.7 Å². The fourth-order valence-corrected chi connectivity index (χ4v) is 4.44. The zero-order valence-electron chi connectivity index (χ0n) is 19.0. The molecule has 0 saturated carbocycles. The van der Waals surface area contributed by atoms with Crippen molar-refractivity contribution in [2.75, 3.05) is 42.9 Å². The summed E-state index contributed by atoms with van der Waals surface area (Å²) >= 11 is 0. The van der Waals surface area contributed by atoms with Crippen molar-refractivity contribution in [1.82, 2.24) is 24.5 Å². The van der Waals surface area contributed by atoms with E-state index in [0.29, 0.717) is 54.7 Å². The summed E-state index contributed by atoms with van der Waals surface area (Å²) in [5, 5.41) is 7.26. The van der Waals surface area contributed by atoms with Gasteiger partial charge in [0, 0.05) is 50.6 Å². The standard InChI is InChI=1S/C23H27N7O3/c1-15(31)14-28-7-9-29(10-8-28)20-18(11-16-12-23(2,3)33-22(16)27-20)26-21(32)17-13-25-30-6-4-5-24-19(17)30/h4-6,11,13H,7-10,12,14H2,1-3H3,(H,26,32). The number of nitrogens with zero attached hydrogens (tertiary/aromatic N) is 6. The van der Waals surface area contributed by atoms with Gasteiger partial charge in [0.2, 0.25) is 5.88 Å². The predicted octanol–water partition coefficient (Wildman–Crippen LogP) is 1.80. The maximum absolute atomic E-state index is 13.2. The van der Waals surface area contributed by atoms with Crippen molar-refractivity contribution >= 4 is 28.8 Å². The Hall–Kier alpha value is -3.53. The molecule has 10 nitrogen and oxygen atoms in total. The molecule has 2 aliphatic rings. The molecule has 1 saturated heterocycles. The van der Waals surface area contributed by atoms with Crippen LogP contribution in [0, 0.1) is 0 Å². The van der Waals surface area contributed by atoms with Gasteiger partial charge in [-0.1, -0.05) is 0 Å². The molecule has 0 spiro atoms. The summed E-state index contributed by atoms with van der Waals surface area (Å²) in [7, 11) is 0. The van der Waals surface area contributed by atoms with Crippen LogP contribution in [0.5, 0.6) is 5.88 Å². The van der Waals surface area contributed by atoms with Gasteiger partial charge in [0.05, 0.1) is 18.4 Å². The van der Waals surface area contributed by atoms with E-state index in [1.165, 1.54) is 6.20 Å². The molecule has 0 bridgehead atoms. The fourth-order valence-electron chi connectivity index (χ4n) is 4.44. The third-order valence-corrected chi connectivity index (χ3v) is 5.92. The van der Waals surface area contributed by atoms with Gasteiger partial charge in [-0.05, 0) is 32.9 Å². The molecule has 172 valence electrons. The van der Waals surface area contributed by atoms with Gasteiger partial charge < -0.3 is 15.0 Å². The van der Waals surface area contributed by atoms with Crippen LogP contribution in [0.15, 0.2) is 30.7 Å². The molecule has 0 aromatic carbocycles. The second-order valence-corrected chi connectivity index (χ2v) is 9.23. The van der Waals surface area contributed by atoms with Gasteiger partial charge in [-0.3, -0.25) is 14.5 Å². The average molecular weight is 450 g/mol. The molecule has 3 aromatic heterocycles. The van der Waals surface area contributed by atoms with Gasteiger partial charge in [-0.2, -0.15) is 10.1 Å². The van der Waals surface area contributed by atoms with Gasteiger partial charge >= 0.3 is 0 Å². The third-order valence-electron chi connectivity index (χ3n) is 5.92. The molecule has 33 heavy (non-hydrogen) atoms. The van der Waals surface area contributed by atoms with Crippen LogP contribution in [0.2, 0.25) is 0 Å². The van der Waals surface area contributed by atoms with Gasteiger partial charge in [0.1, 0.15) is 16.9 Å². The highest BCUT2D eigenvalue weighted by Gasteiger charge is 2.34. The lowest BCUT2D eigenvalue weighted by Gasteiger charge is -2.35. The van der Waals surface area contributed by atoms with Gasteiger partial charge in [-0.15, -0.1) is 0 Å². The zero-order chi connectivity index (χ0) is 23.2. The number of carbonyl (C=O) groups excluding carboxylic acids is 2. The molecular weight excluding hydrogens is 422 g/mol. The lowest BCUT2D eigenvalue weighted by molar-refractivity contribution is -0.118. The van der Waals surface area contributed by atoms with E-state index in [1.807, 2.05) is 19.9 Å². The SMILES string of the molecule is CC(=O)CN1CCN(c2nc3c(cc2NC(=O)c2cnn4cccnc24)CC(C)(C)O3)CC1. The molecule has 5 rings (SSSR count). The molecule has 3 aromatic rings. The fraction of sp³-hybridized carbons (Fsp3) is 0.435. The lowest BCUT2D eigenvalue weighted by atomic mass is 10.0. The van der Waals surface area contributed by atoms with Crippen LogP contribution < -0.4 is 15.0 Å². The van der Waals surface area contributed by atoms with Crippen molar-refractivity contribution in [3.8, 4) is 5.88 Å². The molecular formula is C23H27N7O3. The van der Waals surface area contributed by atoms with E-state index < -0.39 is 0 Å². The minimum absolute atomic E-state index is 0.157. The van der Waals surface area contributed by atoms with Gasteiger partial charge in [-0.25, -0.2) is 9.50 Å². The summed E-state index contributed by atoms with van der Waals surface area (Å²) in [6.45, 7) is 9.00. The number of nitrogens with one attached hydrogen (secondary N) is 1. The minimum atomic E-state index is -0.345. The van der Waals surface area contributed by atoms with Crippen molar-refractivity contribution < 1.29 is 14.3 Å². The Morgan fingerprint density at radius 2 is 2.00 bits per heavy atom. The van der Waals surface area contributed by atoms with Crippen LogP contribution in [-0.4, -0.2) is 74.5 Å². The Labute approximate surface area is 191 Å². The molecule has 1 amide bonds. The molecule has 0 unspecified atom stereocenters. The van der Waals surface area contributed by atoms with E-state index in [9.17, 15) is 9.59 Å². The quantitative estimate of drug-likeness (QED) is 0.629. The van der Waals surface area contributed by atoms with Crippen LogP contribution in [-0.2, 0) is 11.2 Å². The first-order valence-corrected chi connectivity index (χ1v) is 11.1. The summed E-state index contributed by atoms with van der Waals surface area (Å²) < 4.78 is 7.63. The topological polar surface area (TPSA) is 105 Å². The van der Waals surface area contributed by atoms with Crippen LogP contribution in [0.25, 0.3) is 5.65 Å². The number of amides is 1. The highest BCUT2D eigenvalue weighted by molar-refractivity contribution is 6.09. The minimum Gasteiger partial charge on any atom is -0.471 e. The Morgan fingerprint density at radius 1 is 1.21 bits per heavy atom. The monoisotopic (exact) mass is 449 g/mol. The second kappa shape index (κ2) is 8.11. The first kappa shape index (κ1) is 21.3. The highest BCUT2D eigenvalue weighted by Crippen LogP contribution is 2.39. The number of hydrogen-bond acceptors (Lipinski definition) is 8. The Bertz CT molecular complexity index is 1230. The summed E-state index contributed by atoms with van der Waals surface area (Å²) in [6.07, 6.45) is 5.62.